The molecule has 7 nitrogen and oxygen atoms in total. The smallest absolute Gasteiger partial charge is 0.406 e. The van der Waals surface area contributed by atoms with Crippen molar-refractivity contribution in [1.29, 1.82) is 0 Å². The lowest BCUT2D eigenvalue weighted by Gasteiger charge is -2.24. The SMILES string of the molecule is O=C(Nc1cccc(OC(F)(F)F)c1)N1CCC[C@@H]1c1nnc2ccccn12. The van der Waals surface area contributed by atoms with E-state index in [1.165, 1.54) is 18.2 Å². The van der Waals surface area contributed by atoms with Crippen molar-refractivity contribution >= 4 is 17.4 Å². The highest BCUT2D eigenvalue weighted by molar-refractivity contribution is 5.90. The number of halogens is 3. The molecule has 4 rings (SSSR count). The summed E-state index contributed by atoms with van der Waals surface area (Å²) in [5, 5.41) is 11.0. The molecular weight excluding hydrogens is 375 g/mol. The predicted octanol–water partition coefficient (Wildman–Crippen LogP) is 4.00. The van der Waals surface area contributed by atoms with Crippen LogP contribution < -0.4 is 10.1 Å². The van der Waals surface area contributed by atoms with E-state index in [1.54, 1.807) is 4.90 Å². The largest absolute Gasteiger partial charge is 0.573 e. The summed E-state index contributed by atoms with van der Waals surface area (Å²) in [4.78, 5) is 14.4. The fraction of sp³-hybridized carbons (Fsp3) is 0.278. The minimum absolute atomic E-state index is 0.212. The Balaban J connectivity index is 1.52. The van der Waals surface area contributed by atoms with Crippen molar-refractivity contribution in [2.75, 3.05) is 11.9 Å². The number of pyridine rings is 1. The van der Waals surface area contributed by atoms with Crippen LogP contribution in [0.25, 0.3) is 5.65 Å². The first-order chi connectivity index (χ1) is 13.4. The van der Waals surface area contributed by atoms with Crippen LogP contribution in [0.4, 0.5) is 23.7 Å². The second kappa shape index (κ2) is 7.02. The van der Waals surface area contributed by atoms with Crippen LogP contribution in [0.3, 0.4) is 0 Å². The summed E-state index contributed by atoms with van der Waals surface area (Å²) < 4.78 is 42.9. The first-order valence-corrected chi connectivity index (χ1v) is 8.64. The highest BCUT2D eigenvalue weighted by Crippen LogP contribution is 2.32. The molecular formula is C18H16F3N5O2. The molecule has 1 fully saturated rings. The number of ether oxygens (including phenoxy) is 1. The van der Waals surface area contributed by atoms with Crippen LogP contribution in [0.15, 0.2) is 48.7 Å². The van der Waals surface area contributed by atoms with Gasteiger partial charge in [0.2, 0.25) is 0 Å². The van der Waals surface area contributed by atoms with E-state index in [0.29, 0.717) is 18.0 Å². The normalized spacial score (nSPS) is 17.1. The molecule has 1 aromatic carbocycles. The first-order valence-electron chi connectivity index (χ1n) is 8.64. The highest BCUT2D eigenvalue weighted by Gasteiger charge is 2.34. The van der Waals surface area contributed by atoms with E-state index in [9.17, 15) is 18.0 Å². The van der Waals surface area contributed by atoms with Crippen molar-refractivity contribution in [3.05, 3.63) is 54.5 Å². The van der Waals surface area contributed by atoms with Crippen LogP contribution in [0.2, 0.25) is 0 Å². The molecule has 0 spiro atoms. The maximum atomic E-state index is 12.7. The Morgan fingerprint density at radius 2 is 2.04 bits per heavy atom. The second-order valence-corrected chi connectivity index (χ2v) is 6.34. The number of carbonyl (C=O) groups excluding carboxylic acids is 1. The van der Waals surface area contributed by atoms with Gasteiger partial charge in [-0.2, -0.15) is 0 Å². The number of hydrogen-bond acceptors (Lipinski definition) is 4. The maximum absolute atomic E-state index is 12.7. The van der Waals surface area contributed by atoms with Gasteiger partial charge in [0.05, 0.1) is 6.04 Å². The molecule has 0 radical (unpaired) electrons. The zero-order valence-corrected chi connectivity index (χ0v) is 14.6. The molecule has 10 heteroatoms. The molecule has 1 saturated heterocycles. The van der Waals surface area contributed by atoms with Gasteiger partial charge in [-0.15, -0.1) is 23.4 Å². The summed E-state index contributed by atoms with van der Waals surface area (Å²) in [6, 6.07) is 10.0. The van der Waals surface area contributed by atoms with Gasteiger partial charge in [0, 0.05) is 24.5 Å². The van der Waals surface area contributed by atoms with Gasteiger partial charge in [0.1, 0.15) is 5.75 Å². The number of anilines is 1. The number of hydrogen-bond donors (Lipinski definition) is 1. The Hall–Kier alpha value is -3.30. The monoisotopic (exact) mass is 391 g/mol. The van der Waals surface area contributed by atoms with Gasteiger partial charge in [-0.25, -0.2) is 4.79 Å². The van der Waals surface area contributed by atoms with E-state index in [1.807, 2.05) is 28.8 Å². The third-order valence-electron chi connectivity index (χ3n) is 4.47. The molecule has 3 heterocycles. The Labute approximate surface area is 157 Å². The Bertz CT molecular complexity index is 1000. The molecule has 146 valence electrons. The van der Waals surface area contributed by atoms with Gasteiger partial charge in [-0.1, -0.05) is 12.1 Å². The number of carbonyl (C=O) groups is 1. The van der Waals surface area contributed by atoms with E-state index in [0.717, 1.165) is 18.9 Å². The zero-order valence-electron chi connectivity index (χ0n) is 14.6. The van der Waals surface area contributed by atoms with Gasteiger partial charge in [-0.05, 0) is 37.1 Å². The molecule has 2 amide bonds. The molecule has 0 saturated carbocycles. The molecule has 28 heavy (non-hydrogen) atoms. The molecule has 2 aromatic heterocycles. The van der Waals surface area contributed by atoms with Crippen molar-refractivity contribution in [2.24, 2.45) is 0 Å². The first kappa shape index (κ1) is 18.1. The van der Waals surface area contributed by atoms with Crippen LogP contribution in [0.1, 0.15) is 24.7 Å². The second-order valence-electron chi connectivity index (χ2n) is 6.34. The number of fused-ring (bicyclic) bond motifs is 1. The summed E-state index contributed by atoms with van der Waals surface area (Å²) in [6.07, 6.45) is -1.45. The van der Waals surface area contributed by atoms with Crippen molar-refractivity contribution in [2.45, 2.75) is 25.2 Å². The van der Waals surface area contributed by atoms with Gasteiger partial charge in [0.15, 0.2) is 11.5 Å². The molecule has 3 aromatic rings. The lowest BCUT2D eigenvalue weighted by atomic mass is 10.2. The molecule has 0 aliphatic carbocycles. The minimum atomic E-state index is -4.79. The van der Waals surface area contributed by atoms with Crippen LogP contribution in [-0.2, 0) is 0 Å². The average molecular weight is 391 g/mol. The molecule has 1 atom stereocenters. The number of likely N-dealkylation sites (tertiary alicyclic amines) is 1. The Kier molecular flexibility index (Phi) is 4.54. The van der Waals surface area contributed by atoms with Gasteiger partial charge >= 0.3 is 12.4 Å². The quantitative estimate of drug-likeness (QED) is 0.733. The van der Waals surface area contributed by atoms with Crippen LogP contribution >= 0.6 is 0 Å². The molecule has 0 bridgehead atoms. The summed E-state index contributed by atoms with van der Waals surface area (Å²) >= 11 is 0. The molecule has 1 N–H and O–H groups in total. The topological polar surface area (TPSA) is 71.8 Å². The lowest BCUT2D eigenvalue weighted by Crippen LogP contribution is -2.35. The average Bonchev–Trinajstić information content (AvgIpc) is 3.27. The van der Waals surface area contributed by atoms with E-state index < -0.39 is 18.1 Å². The number of amides is 2. The zero-order chi connectivity index (χ0) is 19.7. The molecule has 0 unspecified atom stereocenters. The number of nitrogens with one attached hydrogen (secondary N) is 1. The van der Waals surface area contributed by atoms with Gasteiger partial charge < -0.3 is 15.0 Å². The number of benzene rings is 1. The predicted molar refractivity (Wildman–Crippen MR) is 93.8 cm³/mol. The third kappa shape index (κ3) is 3.71. The van der Waals surface area contributed by atoms with E-state index in [-0.39, 0.29) is 11.7 Å². The van der Waals surface area contributed by atoms with Crippen LogP contribution in [0, 0.1) is 0 Å². The summed E-state index contributed by atoms with van der Waals surface area (Å²) in [5.74, 6) is 0.254. The summed E-state index contributed by atoms with van der Waals surface area (Å²) in [6.45, 7) is 0.511. The molecule has 1 aliphatic heterocycles. The maximum Gasteiger partial charge on any atom is 0.573 e. The van der Waals surface area contributed by atoms with Crippen molar-refractivity contribution in [3.63, 3.8) is 0 Å². The Morgan fingerprint density at radius 1 is 1.18 bits per heavy atom. The summed E-state index contributed by atoms with van der Waals surface area (Å²) in [7, 11) is 0. The van der Waals surface area contributed by atoms with E-state index in [2.05, 4.69) is 20.3 Å². The van der Waals surface area contributed by atoms with Gasteiger partial charge in [0.25, 0.3) is 0 Å². The highest BCUT2D eigenvalue weighted by atomic mass is 19.4. The number of aromatic nitrogens is 3. The van der Waals surface area contributed by atoms with Gasteiger partial charge in [-0.3, -0.25) is 4.40 Å². The van der Waals surface area contributed by atoms with E-state index >= 15 is 0 Å². The van der Waals surface area contributed by atoms with Crippen LogP contribution in [-0.4, -0.2) is 38.4 Å². The molecule has 1 aliphatic rings. The van der Waals surface area contributed by atoms with Crippen molar-refractivity contribution in [1.82, 2.24) is 19.5 Å². The standard InChI is InChI=1S/C18H16F3N5O2/c19-18(20,21)28-13-6-3-5-12(11-13)22-17(27)25-10-4-7-14(25)16-24-23-15-8-1-2-9-26(15)16/h1-3,5-6,8-9,11,14H,4,7,10H2,(H,22,27)/t14-/m1/s1. The fourth-order valence-electron chi connectivity index (χ4n) is 3.33. The lowest BCUT2D eigenvalue weighted by molar-refractivity contribution is -0.274. The van der Waals surface area contributed by atoms with Crippen molar-refractivity contribution < 1.29 is 22.7 Å². The van der Waals surface area contributed by atoms with E-state index in [4.69, 9.17) is 0 Å². The third-order valence-corrected chi connectivity index (χ3v) is 4.47. The summed E-state index contributed by atoms with van der Waals surface area (Å²) in [5.41, 5.74) is 0.894. The fourth-order valence-corrected chi connectivity index (χ4v) is 3.33. The number of nitrogens with zero attached hydrogens (tertiary/aromatic N) is 4. The minimum Gasteiger partial charge on any atom is -0.406 e. The number of urea groups is 1. The Morgan fingerprint density at radius 3 is 2.86 bits per heavy atom. The number of rotatable bonds is 3. The van der Waals surface area contributed by atoms with Crippen LogP contribution in [0.5, 0.6) is 5.75 Å². The van der Waals surface area contributed by atoms with Crippen molar-refractivity contribution in [3.8, 4) is 5.75 Å². The number of alkyl halides is 3.